The summed E-state index contributed by atoms with van der Waals surface area (Å²) < 4.78 is 5.21. The Morgan fingerprint density at radius 3 is 2.43 bits per heavy atom. The van der Waals surface area contributed by atoms with Gasteiger partial charge in [-0.05, 0) is 19.9 Å². The molecule has 0 bridgehead atoms. The first kappa shape index (κ1) is 17.4. The molecule has 0 aromatic carbocycles. The Balaban J connectivity index is 1.89. The predicted octanol–water partition coefficient (Wildman–Crippen LogP) is 4.25. The average molecular weight is 334 g/mol. The number of aromatic nitrogens is 1. The molecule has 124 valence electrons. The van der Waals surface area contributed by atoms with Crippen LogP contribution in [0.2, 0.25) is 0 Å². The number of ketones is 1. The van der Waals surface area contributed by atoms with Crippen LogP contribution in [0.4, 0.5) is 5.82 Å². The molecule has 0 saturated heterocycles. The van der Waals surface area contributed by atoms with Crippen LogP contribution < -0.4 is 5.32 Å². The molecule has 2 rings (SSSR count). The molecule has 0 saturated carbocycles. The van der Waals surface area contributed by atoms with E-state index in [9.17, 15) is 9.59 Å². The highest BCUT2D eigenvalue weighted by Gasteiger charge is 2.20. The molecule has 0 aliphatic heterocycles. The van der Waals surface area contributed by atoms with E-state index in [0.717, 1.165) is 15.3 Å². The Morgan fingerprint density at radius 1 is 1.22 bits per heavy atom. The van der Waals surface area contributed by atoms with E-state index in [1.54, 1.807) is 17.4 Å². The van der Waals surface area contributed by atoms with Gasteiger partial charge in [0.05, 0.1) is 0 Å². The molecule has 6 heteroatoms. The van der Waals surface area contributed by atoms with Gasteiger partial charge in [-0.1, -0.05) is 25.9 Å². The van der Waals surface area contributed by atoms with E-state index in [1.807, 2.05) is 40.7 Å². The van der Waals surface area contributed by atoms with Crippen molar-refractivity contribution in [3.63, 3.8) is 0 Å². The summed E-state index contributed by atoms with van der Waals surface area (Å²) in [5, 5.41) is 6.50. The van der Waals surface area contributed by atoms with Gasteiger partial charge in [-0.25, -0.2) is 0 Å². The number of Topliss-reactive ketones (excluding diaryl/α,β-unsaturated/α-hetero) is 1. The van der Waals surface area contributed by atoms with Crippen LogP contribution in [0.3, 0.4) is 0 Å². The maximum atomic E-state index is 12.2. The van der Waals surface area contributed by atoms with E-state index in [1.165, 1.54) is 0 Å². The number of carbonyl (C=O) groups excluding carboxylic acids is 2. The quantitative estimate of drug-likeness (QED) is 0.830. The monoisotopic (exact) mass is 334 g/mol. The minimum atomic E-state index is -0.239. The van der Waals surface area contributed by atoms with Crippen LogP contribution in [0.25, 0.3) is 0 Å². The third-order valence-electron chi connectivity index (χ3n) is 3.44. The van der Waals surface area contributed by atoms with E-state index >= 15 is 0 Å². The van der Waals surface area contributed by atoms with Crippen LogP contribution in [-0.2, 0) is 10.2 Å². The Morgan fingerprint density at radius 2 is 1.91 bits per heavy atom. The summed E-state index contributed by atoms with van der Waals surface area (Å²) in [6.07, 6.45) is 0.317. The molecule has 1 amide bonds. The van der Waals surface area contributed by atoms with Crippen LogP contribution in [0, 0.1) is 13.8 Å². The second-order valence-corrected chi connectivity index (χ2v) is 8.09. The summed E-state index contributed by atoms with van der Waals surface area (Å²) >= 11 is 1.60. The normalized spacial score (nSPS) is 11.5. The first-order valence-electron chi connectivity index (χ1n) is 7.54. The zero-order valence-electron chi connectivity index (χ0n) is 14.1. The Kier molecular flexibility index (Phi) is 5.04. The van der Waals surface area contributed by atoms with Crippen molar-refractivity contribution in [2.24, 2.45) is 0 Å². The summed E-state index contributed by atoms with van der Waals surface area (Å²) in [6.45, 7) is 9.90. The molecular weight excluding hydrogens is 312 g/mol. The molecule has 1 N–H and O–H groups in total. The number of hydrogen-bond donors (Lipinski definition) is 1. The van der Waals surface area contributed by atoms with E-state index in [-0.39, 0.29) is 29.9 Å². The lowest BCUT2D eigenvalue weighted by Crippen LogP contribution is -2.14. The van der Waals surface area contributed by atoms with Crippen LogP contribution in [0.1, 0.15) is 59.5 Å². The molecule has 2 aromatic rings. The standard InChI is InChI=1S/C17H22N2O3S/c1-10-8-12(11(2)23-10)13(20)6-7-16(21)18-15-9-14(22-19-15)17(3,4)5/h8-9H,6-7H2,1-5H3,(H,18,19,21). The number of hydrogen-bond acceptors (Lipinski definition) is 5. The fraction of sp³-hybridized carbons (Fsp3) is 0.471. The lowest BCUT2D eigenvalue weighted by atomic mass is 9.93. The first-order chi connectivity index (χ1) is 10.7. The van der Waals surface area contributed by atoms with Gasteiger partial charge in [-0.15, -0.1) is 11.3 Å². The van der Waals surface area contributed by atoms with Crippen molar-refractivity contribution >= 4 is 28.8 Å². The molecule has 2 heterocycles. The molecule has 0 aliphatic carbocycles. The summed E-state index contributed by atoms with van der Waals surface area (Å²) in [7, 11) is 0. The third kappa shape index (κ3) is 4.51. The Labute approximate surface area is 140 Å². The molecule has 0 spiro atoms. The van der Waals surface area contributed by atoms with E-state index in [4.69, 9.17) is 4.52 Å². The number of nitrogens with zero attached hydrogens (tertiary/aromatic N) is 1. The molecule has 5 nitrogen and oxygen atoms in total. The number of carbonyl (C=O) groups is 2. The summed E-state index contributed by atoms with van der Waals surface area (Å²) in [5.41, 5.74) is 0.553. The SMILES string of the molecule is Cc1cc(C(=O)CCC(=O)Nc2cc(C(C)(C)C)on2)c(C)s1. The van der Waals surface area contributed by atoms with Crippen molar-refractivity contribution in [1.29, 1.82) is 0 Å². The Hall–Kier alpha value is -1.95. The third-order valence-corrected chi connectivity index (χ3v) is 4.40. The Bertz CT molecular complexity index is 723. The smallest absolute Gasteiger partial charge is 0.226 e. The molecule has 23 heavy (non-hydrogen) atoms. The zero-order valence-corrected chi connectivity index (χ0v) is 15.0. The lowest BCUT2D eigenvalue weighted by molar-refractivity contribution is -0.116. The maximum absolute atomic E-state index is 12.2. The van der Waals surface area contributed by atoms with Gasteiger partial charge in [0, 0.05) is 39.6 Å². The fourth-order valence-electron chi connectivity index (χ4n) is 2.16. The highest BCUT2D eigenvalue weighted by Crippen LogP contribution is 2.25. The largest absolute Gasteiger partial charge is 0.359 e. The molecule has 0 unspecified atom stereocenters. The number of thiophene rings is 1. The van der Waals surface area contributed by atoms with Crippen LogP contribution >= 0.6 is 11.3 Å². The maximum Gasteiger partial charge on any atom is 0.226 e. The van der Waals surface area contributed by atoms with Crippen LogP contribution in [0.15, 0.2) is 16.7 Å². The van der Waals surface area contributed by atoms with E-state index in [0.29, 0.717) is 11.6 Å². The first-order valence-corrected chi connectivity index (χ1v) is 8.36. The van der Waals surface area contributed by atoms with Gasteiger partial charge in [0.2, 0.25) is 5.91 Å². The zero-order chi connectivity index (χ0) is 17.2. The minimum Gasteiger partial charge on any atom is -0.359 e. The highest BCUT2D eigenvalue weighted by molar-refractivity contribution is 7.12. The summed E-state index contributed by atoms with van der Waals surface area (Å²) in [5.74, 6) is 0.845. The van der Waals surface area contributed by atoms with Gasteiger partial charge in [-0.2, -0.15) is 0 Å². The minimum absolute atomic E-state index is 0.00228. The molecule has 0 fully saturated rings. The molecule has 0 aliphatic rings. The number of amides is 1. The van der Waals surface area contributed by atoms with Gasteiger partial charge in [0.25, 0.3) is 0 Å². The van der Waals surface area contributed by atoms with Crippen LogP contribution in [0.5, 0.6) is 0 Å². The van der Waals surface area contributed by atoms with Gasteiger partial charge in [0.1, 0.15) is 5.76 Å². The molecule has 0 atom stereocenters. The van der Waals surface area contributed by atoms with Crippen molar-refractivity contribution in [2.45, 2.75) is 52.9 Å². The fourth-order valence-corrected chi connectivity index (χ4v) is 3.10. The van der Waals surface area contributed by atoms with Gasteiger partial charge in [-0.3, -0.25) is 9.59 Å². The molecular formula is C17H22N2O3S. The van der Waals surface area contributed by atoms with E-state index in [2.05, 4.69) is 10.5 Å². The average Bonchev–Trinajstić information content (AvgIpc) is 3.02. The van der Waals surface area contributed by atoms with Gasteiger partial charge in [0.15, 0.2) is 11.6 Å². The van der Waals surface area contributed by atoms with Crippen molar-refractivity contribution in [2.75, 3.05) is 5.32 Å². The van der Waals surface area contributed by atoms with Gasteiger partial charge < -0.3 is 9.84 Å². The highest BCUT2D eigenvalue weighted by atomic mass is 32.1. The second-order valence-electron chi connectivity index (χ2n) is 6.62. The number of anilines is 1. The summed E-state index contributed by atoms with van der Waals surface area (Å²) in [4.78, 5) is 26.2. The number of nitrogens with one attached hydrogen (secondary N) is 1. The summed E-state index contributed by atoms with van der Waals surface area (Å²) in [6, 6.07) is 3.60. The molecule has 2 aromatic heterocycles. The molecule has 0 radical (unpaired) electrons. The number of aryl methyl sites for hydroxylation is 2. The topological polar surface area (TPSA) is 72.2 Å². The second kappa shape index (κ2) is 6.66. The van der Waals surface area contributed by atoms with Gasteiger partial charge >= 0.3 is 0 Å². The van der Waals surface area contributed by atoms with Crippen molar-refractivity contribution in [3.05, 3.63) is 33.2 Å². The number of rotatable bonds is 5. The predicted molar refractivity (Wildman–Crippen MR) is 91.2 cm³/mol. The van der Waals surface area contributed by atoms with Crippen molar-refractivity contribution in [3.8, 4) is 0 Å². The van der Waals surface area contributed by atoms with Crippen molar-refractivity contribution in [1.82, 2.24) is 5.16 Å². The van der Waals surface area contributed by atoms with Crippen molar-refractivity contribution < 1.29 is 14.1 Å². The lowest BCUT2D eigenvalue weighted by Gasteiger charge is -2.11. The van der Waals surface area contributed by atoms with Crippen LogP contribution in [-0.4, -0.2) is 16.8 Å². The van der Waals surface area contributed by atoms with E-state index < -0.39 is 0 Å².